The summed E-state index contributed by atoms with van der Waals surface area (Å²) in [6, 6.07) is 5.56. The molecule has 6 nitrogen and oxygen atoms in total. The normalized spacial score (nSPS) is 10.7. The van der Waals surface area contributed by atoms with Gasteiger partial charge in [-0.15, -0.1) is 11.3 Å². The van der Waals surface area contributed by atoms with Crippen molar-refractivity contribution in [2.24, 2.45) is 0 Å². The third-order valence-corrected chi connectivity index (χ3v) is 4.85. The Bertz CT molecular complexity index is 871. The van der Waals surface area contributed by atoms with E-state index in [1.165, 1.54) is 11.3 Å². The molecule has 2 heterocycles. The molecule has 25 heavy (non-hydrogen) atoms. The van der Waals surface area contributed by atoms with Crippen molar-refractivity contribution >= 4 is 28.1 Å². The smallest absolute Gasteiger partial charge is 0.261 e. The van der Waals surface area contributed by atoms with E-state index in [-0.39, 0.29) is 5.91 Å². The molecule has 1 aromatic carbocycles. The molecule has 3 aromatic rings. The molecule has 7 heteroatoms. The van der Waals surface area contributed by atoms with Gasteiger partial charge in [0.1, 0.15) is 0 Å². The summed E-state index contributed by atoms with van der Waals surface area (Å²) in [6.45, 7) is 0.529. The Morgan fingerprint density at radius 1 is 1.20 bits per heavy atom. The Hall–Kier alpha value is -2.67. The molecule has 0 spiro atoms. The number of aromatic nitrogens is 1. The number of ether oxygens (including phenoxy) is 3. The zero-order valence-electron chi connectivity index (χ0n) is 14.3. The van der Waals surface area contributed by atoms with E-state index >= 15 is 0 Å². The molecule has 0 saturated heterocycles. The molecule has 3 rings (SSSR count). The summed E-state index contributed by atoms with van der Waals surface area (Å²) in [6.07, 6.45) is 2.59. The highest BCUT2D eigenvalue weighted by molar-refractivity contribution is 7.12. The van der Waals surface area contributed by atoms with Crippen LogP contribution in [-0.2, 0) is 6.42 Å². The number of thiophene rings is 1. The minimum absolute atomic E-state index is 0.0546. The molecule has 0 aliphatic heterocycles. The molecule has 0 atom stereocenters. The molecule has 2 N–H and O–H groups in total. The molecular weight excluding hydrogens is 340 g/mol. The lowest BCUT2D eigenvalue weighted by Crippen LogP contribution is -2.24. The highest BCUT2D eigenvalue weighted by atomic mass is 32.1. The predicted molar refractivity (Wildman–Crippen MR) is 98.3 cm³/mol. The fourth-order valence-corrected chi connectivity index (χ4v) is 3.47. The van der Waals surface area contributed by atoms with Gasteiger partial charge < -0.3 is 24.5 Å². The number of hydrogen-bond donors (Lipinski definition) is 2. The summed E-state index contributed by atoms with van der Waals surface area (Å²) in [5.41, 5.74) is 1.94. The number of nitrogens with one attached hydrogen (secondary N) is 2. The van der Waals surface area contributed by atoms with Gasteiger partial charge in [-0.1, -0.05) is 6.07 Å². The van der Waals surface area contributed by atoms with Crippen LogP contribution in [0, 0.1) is 0 Å². The zero-order chi connectivity index (χ0) is 17.8. The number of aromatic amines is 1. The van der Waals surface area contributed by atoms with Crippen molar-refractivity contribution in [1.82, 2.24) is 10.3 Å². The van der Waals surface area contributed by atoms with Crippen molar-refractivity contribution < 1.29 is 19.0 Å². The third kappa shape index (κ3) is 3.28. The van der Waals surface area contributed by atoms with Crippen LogP contribution >= 0.6 is 11.3 Å². The molecule has 1 amide bonds. The largest absolute Gasteiger partial charge is 0.493 e. The minimum atomic E-state index is -0.0546. The van der Waals surface area contributed by atoms with Crippen LogP contribution in [0.1, 0.15) is 15.2 Å². The maximum Gasteiger partial charge on any atom is 0.261 e. The Labute approximate surface area is 149 Å². The van der Waals surface area contributed by atoms with Crippen LogP contribution in [0.5, 0.6) is 17.2 Å². The average Bonchev–Trinajstić information content (AvgIpc) is 3.30. The lowest BCUT2D eigenvalue weighted by molar-refractivity contribution is 0.0958. The molecule has 0 aliphatic carbocycles. The highest BCUT2D eigenvalue weighted by Gasteiger charge is 2.19. The number of fused-ring (bicyclic) bond motifs is 1. The number of carbonyl (C=O) groups is 1. The van der Waals surface area contributed by atoms with Crippen molar-refractivity contribution in [3.63, 3.8) is 0 Å². The first-order valence-electron chi connectivity index (χ1n) is 7.80. The summed E-state index contributed by atoms with van der Waals surface area (Å²) in [5.74, 6) is 1.73. The third-order valence-electron chi connectivity index (χ3n) is 3.98. The second-order valence-corrected chi connectivity index (χ2v) is 6.31. The summed E-state index contributed by atoms with van der Waals surface area (Å²) in [5, 5.41) is 5.76. The number of benzene rings is 1. The second kappa shape index (κ2) is 7.48. The van der Waals surface area contributed by atoms with Crippen LogP contribution in [0.2, 0.25) is 0 Å². The van der Waals surface area contributed by atoms with Gasteiger partial charge in [0, 0.05) is 24.2 Å². The van der Waals surface area contributed by atoms with Crippen molar-refractivity contribution in [1.29, 1.82) is 0 Å². The Morgan fingerprint density at radius 2 is 2.00 bits per heavy atom. The predicted octanol–water partition coefficient (Wildman–Crippen LogP) is 3.23. The molecule has 0 radical (unpaired) electrons. The van der Waals surface area contributed by atoms with Gasteiger partial charge in [-0.2, -0.15) is 0 Å². The monoisotopic (exact) mass is 360 g/mol. The fraction of sp³-hybridized carbons (Fsp3) is 0.278. The molecule has 0 unspecified atom stereocenters. The summed E-state index contributed by atoms with van der Waals surface area (Å²) < 4.78 is 16.4. The maximum atomic E-state index is 12.0. The van der Waals surface area contributed by atoms with Crippen LogP contribution < -0.4 is 19.5 Å². The summed E-state index contributed by atoms with van der Waals surface area (Å²) in [4.78, 5) is 16.0. The first-order valence-corrected chi connectivity index (χ1v) is 8.68. The number of amides is 1. The fourth-order valence-electron chi connectivity index (χ4n) is 2.83. The van der Waals surface area contributed by atoms with E-state index in [0.717, 1.165) is 16.5 Å². The number of H-pyrrole nitrogens is 1. The topological polar surface area (TPSA) is 72.6 Å². The summed E-state index contributed by atoms with van der Waals surface area (Å²) >= 11 is 1.43. The van der Waals surface area contributed by atoms with E-state index in [0.29, 0.717) is 35.1 Å². The highest BCUT2D eigenvalue weighted by Crippen LogP contribution is 2.44. The Balaban J connectivity index is 1.83. The van der Waals surface area contributed by atoms with Gasteiger partial charge in [0.2, 0.25) is 5.75 Å². The van der Waals surface area contributed by atoms with Crippen LogP contribution in [-0.4, -0.2) is 38.8 Å². The molecule has 2 aromatic heterocycles. The van der Waals surface area contributed by atoms with E-state index in [1.54, 1.807) is 21.3 Å². The quantitative estimate of drug-likeness (QED) is 0.678. The number of rotatable bonds is 7. The second-order valence-electron chi connectivity index (χ2n) is 5.37. The zero-order valence-corrected chi connectivity index (χ0v) is 15.2. The molecule has 0 bridgehead atoms. The van der Waals surface area contributed by atoms with Gasteiger partial charge in [-0.3, -0.25) is 4.79 Å². The molecule has 0 fully saturated rings. The minimum Gasteiger partial charge on any atom is -0.493 e. The van der Waals surface area contributed by atoms with Crippen molar-refractivity contribution in [3.05, 3.63) is 40.2 Å². The van der Waals surface area contributed by atoms with E-state index in [2.05, 4.69) is 10.3 Å². The molecule has 132 valence electrons. The van der Waals surface area contributed by atoms with Gasteiger partial charge in [-0.25, -0.2) is 0 Å². The van der Waals surface area contributed by atoms with Crippen LogP contribution in [0.25, 0.3) is 10.9 Å². The SMILES string of the molecule is COc1cc2[nH]cc(CCNC(=O)c3cccs3)c2c(OC)c1OC. The van der Waals surface area contributed by atoms with E-state index in [9.17, 15) is 4.79 Å². The van der Waals surface area contributed by atoms with Gasteiger partial charge in [0.15, 0.2) is 11.5 Å². The van der Waals surface area contributed by atoms with Crippen molar-refractivity contribution in [2.75, 3.05) is 27.9 Å². The standard InChI is InChI=1S/C18H20N2O4S/c1-22-13-9-12-15(17(24-3)16(13)23-2)11(10-20-12)6-7-19-18(21)14-5-4-8-25-14/h4-5,8-10,20H,6-7H2,1-3H3,(H,19,21). The Kier molecular flexibility index (Phi) is 5.14. The Morgan fingerprint density at radius 3 is 2.64 bits per heavy atom. The van der Waals surface area contributed by atoms with E-state index in [4.69, 9.17) is 14.2 Å². The van der Waals surface area contributed by atoms with E-state index < -0.39 is 0 Å². The number of carbonyl (C=O) groups excluding carboxylic acids is 1. The van der Waals surface area contributed by atoms with Crippen LogP contribution in [0.15, 0.2) is 29.8 Å². The average molecular weight is 360 g/mol. The van der Waals surface area contributed by atoms with E-state index in [1.807, 2.05) is 29.8 Å². The first kappa shape index (κ1) is 17.2. The van der Waals surface area contributed by atoms with Crippen LogP contribution in [0.3, 0.4) is 0 Å². The number of hydrogen-bond acceptors (Lipinski definition) is 5. The molecular formula is C18H20N2O4S. The van der Waals surface area contributed by atoms with Gasteiger partial charge in [-0.05, 0) is 23.4 Å². The van der Waals surface area contributed by atoms with Crippen LogP contribution in [0.4, 0.5) is 0 Å². The molecule has 0 aliphatic rings. The lowest BCUT2D eigenvalue weighted by Gasteiger charge is -2.14. The van der Waals surface area contributed by atoms with Crippen molar-refractivity contribution in [2.45, 2.75) is 6.42 Å². The maximum absolute atomic E-state index is 12.0. The number of methoxy groups -OCH3 is 3. The van der Waals surface area contributed by atoms with Gasteiger partial charge in [0.05, 0.1) is 31.7 Å². The molecule has 0 saturated carbocycles. The van der Waals surface area contributed by atoms with Gasteiger partial charge in [0.25, 0.3) is 5.91 Å². The van der Waals surface area contributed by atoms with Gasteiger partial charge >= 0.3 is 0 Å². The first-order chi connectivity index (χ1) is 12.2. The summed E-state index contributed by atoms with van der Waals surface area (Å²) in [7, 11) is 4.78. The van der Waals surface area contributed by atoms with Crippen molar-refractivity contribution in [3.8, 4) is 17.2 Å². The lowest BCUT2D eigenvalue weighted by atomic mass is 10.1.